The first-order valence-electron chi connectivity index (χ1n) is 12.2. The molecule has 4 aromatic rings. The van der Waals surface area contributed by atoms with Crippen molar-refractivity contribution in [1.29, 1.82) is 0 Å². The zero-order valence-electron chi connectivity index (χ0n) is 21.7. The second kappa shape index (κ2) is 9.87. The molecule has 4 aromatic carbocycles. The van der Waals surface area contributed by atoms with Crippen molar-refractivity contribution >= 4 is 17.1 Å². The summed E-state index contributed by atoms with van der Waals surface area (Å²) in [6, 6.07) is 35.9. The van der Waals surface area contributed by atoms with Crippen molar-refractivity contribution in [2.45, 2.75) is 38.5 Å². The predicted octanol–water partition coefficient (Wildman–Crippen LogP) is 8.82. The van der Waals surface area contributed by atoms with Crippen LogP contribution in [0.3, 0.4) is 0 Å². The number of nitrogens with zero attached hydrogens (tertiary/aromatic N) is 3. The Morgan fingerprint density at radius 1 is 0.543 bits per heavy atom. The first-order valence-corrected chi connectivity index (χ1v) is 12.2. The van der Waals surface area contributed by atoms with Crippen molar-refractivity contribution in [3.05, 3.63) is 125 Å². The third kappa shape index (κ3) is 5.05. The molecule has 0 N–H and O–H groups in total. The molecule has 0 aliphatic rings. The minimum atomic E-state index is -0.235. The van der Waals surface area contributed by atoms with E-state index in [1.54, 1.807) is 0 Å². The van der Waals surface area contributed by atoms with Gasteiger partial charge in [0.05, 0.1) is 11.4 Å². The van der Waals surface area contributed by atoms with Gasteiger partial charge in [0.15, 0.2) is 0 Å². The molecule has 0 unspecified atom stereocenters. The van der Waals surface area contributed by atoms with Crippen molar-refractivity contribution in [3.63, 3.8) is 0 Å². The third-order valence-corrected chi connectivity index (χ3v) is 6.95. The lowest BCUT2D eigenvalue weighted by Gasteiger charge is -2.35. The van der Waals surface area contributed by atoms with Crippen LogP contribution in [0.15, 0.2) is 113 Å². The maximum atomic E-state index is 4.82. The molecule has 0 aliphatic heterocycles. The smallest absolute Gasteiger partial charge is 0.110 e. The Labute approximate surface area is 210 Å². The number of hydrogen-bond acceptors (Lipinski definition) is 3. The molecular weight excluding hydrogens is 426 g/mol. The van der Waals surface area contributed by atoms with Gasteiger partial charge in [0.1, 0.15) is 5.69 Å². The Morgan fingerprint density at radius 2 is 1.03 bits per heavy atom. The van der Waals surface area contributed by atoms with E-state index in [9.17, 15) is 0 Å². The highest BCUT2D eigenvalue weighted by Gasteiger charge is 2.32. The molecule has 0 saturated carbocycles. The summed E-state index contributed by atoms with van der Waals surface area (Å²) in [6.07, 6.45) is 0. The molecule has 0 fully saturated rings. The molecule has 178 valence electrons. The average molecular weight is 462 g/mol. The molecule has 0 bridgehead atoms. The predicted molar refractivity (Wildman–Crippen MR) is 149 cm³/mol. The van der Waals surface area contributed by atoms with Gasteiger partial charge >= 0.3 is 0 Å². The van der Waals surface area contributed by atoms with Crippen LogP contribution >= 0.6 is 0 Å². The minimum absolute atomic E-state index is 0.204. The van der Waals surface area contributed by atoms with Crippen LogP contribution in [0, 0.1) is 0 Å². The van der Waals surface area contributed by atoms with E-state index >= 15 is 0 Å². The second-order valence-corrected chi connectivity index (χ2v) is 10.3. The topological polar surface area (TPSA) is 28.0 Å². The number of azo groups is 1. The van der Waals surface area contributed by atoms with Crippen molar-refractivity contribution in [2.75, 3.05) is 19.0 Å². The number of hydrogen-bond donors (Lipinski definition) is 0. The highest BCUT2D eigenvalue weighted by molar-refractivity contribution is 5.75. The summed E-state index contributed by atoms with van der Waals surface area (Å²) < 4.78 is 0. The van der Waals surface area contributed by atoms with Crippen LogP contribution in [0.2, 0.25) is 0 Å². The Bertz CT molecular complexity index is 1290. The number of benzene rings is 4. The molecule has 35 heavy (non-hydrogen) atoms. The van der Waals surface area contributed by atoms with E-state index in [0.29, 0.717) is 0 Å². The van der Waals surface area contributed by atoms with E-state index in [1.807, 2.05) is 30.3 Å². The van der Waals surface area contributed by atoms with E-state index in [-0.39, 0.29) is 10.8 Å². The fourth-order valence-corrected chi connectivity index (χ4v) is 4.64. The molecule has 0 amide bonds. The molecule has 0 heterocycles. The van der Waals surface area contributed by atoms with E-state index in [0.717, 1.165) is 17.1 Å². The zero-order chi connectivity index (χ0) is 25.1. The van der Waals surface area contributed by atoms with Crippen molar-refractivity contribution < 1.29 is 0 Å². The van der Waals surface area contributed by atoms with E-state index in [4.69, 9.17) is 5.11 Å². The van der Waals surface area contributed by atoms with Crippen LogP contribution in [0.4, 0.5) is 17.1 Å². The van der Waals surface area contributed by atoms with Gasteiger partial charge in [-0.1, -0.05) is 113 Å². The lowest BCUT2D eigenvalue weighted by Crippen LogP contribution is -2.26. The molecular formula is C32H35N3. The monoisotopic (exact) mass is 461 g/mol. The molecule has 0 aliphatic carbocycles. The Kier molecular flexibility index (Phi) is 6.88. The van der Waals surface area contributed by atoms with Crippen molar-refractivity contribution in [1.82, 2.24) is 0 Å². The summed E-state index contributed by atoms with van der Waals surface area (Å²) in [6.45, 7) is 9.15. The van der Waals surface area contributed by atoms with Gasteiger partial charge < -0.3 is 4.90 Å². The zero-order valence-corrected chi connectivity index (χ0v) is 21.7. The van der Waals surface area contributed by atoms with Gasteiger partial charge in [-0.3, -0.25) is 0 Å². The summed E-state index contributed by atoms with van der Waals surface area (Å²) in [7, 11) is 4.17. The average Bonchev–Trinajstić information content (AvgIpc) is 2.88. The first kappa shape index (κ1) is 24.4. The summed E-state index contributed by atoms with van der Waals surface area (Å²) in [4.78, 5) is 2.17. The maximum Gasteiger partial charge on any atom is 0.110 e. The Balaban J connectivity index is 1.98. The molecule has 0 radical (unpaired) electrons. The molecule has 4 rings (SSSR count). The van der Waals surface area contributed by atoms with Crippen LogP contribution in [0.25, 0.3) is 0 Å². The summed E-state index contributed by atoms with van der Waals surface area (Å²) in [5.41, 5.74) is 7.35. The Morgan fingerprint density at radius 3 is 1.54 bits per heavy atom. The second-order valence-electron chi connectivity index (χ2n) is 10.3. The maximum absolute atomic E-state index is 4.82. The van der Waals surface area contributed by atoms with Gasteiger partial charge in [-0.15, -0.1) is 5.11 Å². The molecule has 0 aromatic heterocycles. The van der Waals surface area contributed by atoms with Crippen LogP contribution in [0.5, 0.6) is 0 Å². The highest BCUT2D eigenvalue weighted by atomic mass is 15.1. The van der Waals surface area contributed by atoms with Crippen LogP contribution < -0.4 is 4.90 Å². The fraction of sp³-hybridized carbons (Fsp3) is 0.250. The largest absolute Gasteiger partial charge is 0.376 e. The molecule has 0 spiro atoms. The van der Waals surface area contributed by atoms with Crippen molar-refractivity contribution in [3.8, 4) is 0 Å². The van der Waals surface area contributed by atoms with E-state index in [2.05, 4.69) is 125 Å². The standard InChI is InChI=1S/C32H35N3/c1-31(2,24-16-10-7-11-17-24)26-22-28(32(3,4)25-18-12-8-13-19-25)30(35(5)6)29(23-26)34-33-27-20-14-9-15-21-27/h7-23H,1-6H3. The molecule has 3 heteroatoms. The summed E-state index contributed by atoms with van der Waals surface area (Å²) >= 11 is 0. The van der Waals surface area contributed by atoms with E-state index in [1.165, 1.54) is 22.3 Å². The minimum Gasteiger partial charge on any atom is -0.376 e. The SMILES string of the molecule is CN(C)c1c(N=Nc2ccccc2)cc(C(C)(C)c2ccccc2)cc1C(C)(C)c1ccccc1. The first-order chi connectivity index (χ1) is 16.7. The highest BCUT2D eigenvalue weighted by Crippen LogP contribution is 2.46. The van der Waals surface area contributed by atoms with Crippen LogP contribution in [-0.2, 0) is 10.8 Å². The van der Waals surface area contributed by atoms with Gasteiger partial charge in [-0.25, -0.2) is 0 Å². The van der Waals surface area contributed by atoms with Crippen LogP contribution in [0.1, 0.15) is 49.9 Å². The lowest BCUT2D eigenvalue weighted by molar-refractivity contribution is 0.617. The van der Waals surface area contributed by atoms with Crippen LogP contribution in [-0.4, -0.2) is 14.1 Å². The number of anilines is 1. The fourth-order valence-electron chi connectivity index (χ4n) is 4.64. The summed E-state index contributed by atoms with van der Waals surface area (Å²) in [5, 5.41) is 9.43. The van der Waals surface area contributed by atoms with Gasteiger partial charge in [0.25, 0.3) is 0 Å². The lowest BCUT2D eigenvalue weighted by atomic mass is 9.72. The van der Waals surface area contributed by atoms with Gasteiger partial charge in [-0.05, 0) is 40.5 Å². The normalized spacial score (nSPS) is 12.2. The third-order valence-electron chi connectivity index (χ3n) is 6.95. The Hall–Kier alpha value is -3.72. The van der Waals surface area contributed by atoms with Gasteiger partial charge in [0.2, 0.25) is 0 Å². The molecule has 0 saturated heterocycles. The van der Waals surface area contributed by atoms with Gasteiger partial charge in [-0.2, -0.15) is 5.11 Å². The molecule has 3 nitrogen and oxygen atoms in total. The van der Waals surface area contributed by atoms with Crippen molar-refractivity contribution in [2.24, 2.45) is 10.2 Å². The quantitative estimate of drug-likeness (QED) is 0.253. The number of rotatable bonds is 7. The van der Waals surface area contributed by atoms with Gasteiger partial charge in [0, 0.05) is 24.9 Å². The van der Waals surface area contributed by atoms with E-state index < -0.39 is 0 Å². The summed E-state index contributed by atoms with van der Waals surface area (Å²) in [5.74, 6) is 0. The molecule has 0 atom stereocenters.